The van der Waals surface area contributed by atoms with Crippen LogP contribution in [0.5, 0.6) is 0 Å². The molecule has 13 heteroatoms. The van der Waals surface area contributed by atoms with Gasteiger partial charge in [-0.25, -0.2) is 13.2 Å². The van der Waals surface area contributed by atoms with E-state index in [2.05, 4.69) is 5.32 Å². The van der Waals surface area contributed by atoms with E-state index >= 15 is 0 Å². The first-order valence-corrected chi connectivity index (χ1v) is 9.53. The van der Waals surface area contributed by atoms with Crippen LogP contribution in [0.25, 0.3) is 0 Å². The highest BCUT2D eigenvalue weighted by atomic mass is 35.5. The molecular weight excluding hydrogens is 484 g/mol. The fourth-order valence-electron chi connectivity index (χ4n) is 2.64. The van der Waals surface area contributed by atoms with Gasteiger partial charge in [0.25, 0.3) is 11.8 Å². The maximum absolute atomic E-state index is 14.5. The van der Waals surface area contributed by atoms with Crippen LogP contribution in [-0.4, -0.2) is 28.5 Å². The van der Waals surface area contributed by atoms with Gasteiger partial charge in [0, 0.05) is 5.69 Å². The van der Waals surface area contributed by atoms with Crippen LogP contribution in [-0.2, 0) is 9.59 Å². The fourth-order valence-corrected chi connectivity index (χ4v) is 3.14. The van der Waals surface area contributed by atoms with Crippen molar-refractivity contribution in [2.45, 2.75) is 17.2 Å². The first-order chi connectivity index (χ1) is 14.9. The third-order valence-electron chi connectivity index (χ3n) is 4.41. The monoisotopic (exact) mass is 495 g/mol. The number of alkyl halides is 4. The van der Waals surface area contributed by atoms with Gasteiger partial charge in [-0.05, 0) is 36.8 Å². The summed E-state index contributed by atoms with van der Waals surface area (Å²) >= 11 is 11.6. The molecule has 1 fully saturated rings. The Kier molecular flexibility index (Phi) is 6.61. The molecule has 0 spiro atoms. The number of hydrogen-bond acceptors (Lipinski definition) is 3. The molecule has 2 aromatic carbocycles. The second kappa shape index (κ2) is 8.91. The number of benzene rings is 2. The van der Waals surface area contributed by atoms with Crippen molar-refractivity contribution >= 4 is 58.0 Å². The molecule has 0 saturated heterocycles. The van der Waals surface area contributed by atoms with Crippen molar-refractivity contribution < 1.29 is 36.3 Å². The minimum Gasteiger partial charge on any atom is -0.326 e. The lowest BCUT2D eigenvalue weighted by molar-refractivity contribution is -0.126. The molecule has 3 rings (SSSR count). The maximum Gasteiger partial charge on any atom is 0.315 e. The van der Waals surface area contributed by atoms with E-state index in [0.29, 0.717) is 12.1 Å². The first-order valence-electron chi connectivity index (χ1n) is 8.77. The molecule has 0 aliphatic heterocycles. The Balaban J connectivity index is 1.81. The molecule has 1 atom stereocenters. The Morgan fingerprint density at radius 1 is 0.969 bits per heavy atom. The predicted octanol–water partition coefficient (Wildman–Crippen LogP) is 4.69. The number of anilines is 3. The minimum absolute atomic E-state index is 0.0172. The second-order valence-electron chi connectivity index (χ2n) is 6.73. The van der Waals surface area contributed by atoms with E-state index in [1.54, 1.807) is 5.32 Å². The number of halogens is 7. The Morgan fingerprint density at radius 2 is 1.59 bits per heavy atom. The van der Waals surface area contributed by atoms with Crippen molar-refractivity contribution in [1.82, 2.24) is 0 Å². The zero-order valence-corrected chi connectivity index (χ0v) is 17.1. The average Bonchev–Trinajstić information content (AvgIpc) is 3.36. The van der Waals surface area contributed by atoms with Crippen LogP contribution in [0.4, 0.5) is 39.0 Å². The van der Waals surface area contributed by atoms with Gasteiger partial charge in [-0.3, -0.25) is 14.4 Å². The Hall–Kier alpha value is -2.92. The van der Waals surface area contributed by atoms with Crippen molar-refractivity contribution in [3.63, 3.8) is 0 Å². The summed E-state index contributed by atoms with van der Waals surface area (Å²) in [4.78, 5) is 35.5. The summed E-state index contributed by atoms with van der Waals surface area (Å²) in [6, 6.07) is 4.15. The number of amides is 3. The van der Waals surface area contributed by atoms with E-state index in [-0.39, 0.29) is 12.1 Å². The van der Waals surface area contributed by atoms with Gasteiger partial charge in [-0.1, -0.05) is 0 Å². The highest BCUT2D eigenvalue weighted by Gasteiger charge is 2.56. The lowest BCUT2D eigenvalue weighted by atomic mass is 10.1. The number of nitrogens with one attached hydrogen (secondary N) is 3. The van der Waals surface area contributed by atoms with Crippen molar-refractivity contribution in [2.75, 3.05) is 16.0 Å². The second-order valence-corrected chi connectivity index (χ2v) is 8.27. The van der Waals surface area contributed by atoms with Gasteiger partial charge >= 0.3 is 6.43 Å². The normalized spacial score (nSPS) is 16.4. The van der Waals surface area contributed by atoms with E-state index in [4.69, 9.17) is 23.2 Å². The van der Waals surface area contributed by atoms with Crippen LogP contribution < -0.4 is 16.0 Å². The zero-order chi connectivity index (χ0) is 23.8. The lowest BCUT2D eigenvalue weighted by Gasteiger charge is -2.13. The van der Waals surface area contributed by atoms with Crippen LogP contribution >= 0.6 is 23.2 Å². The standard InChI is InChI=1S/C19H12Cl2F5N3O3/c20-19(21)6-9(19)17(31)27-7-1-2-10(22)8(5-7)16(30)29-14-11(23)3-4-12(13(14)24)28-18(32)15(25)26/h1-5,9,15H,6H2,(H,27,31)(H,28,32)(H,29,30). The third-order valence-corrected chi connectivity index (χ3v) is 5.24. The van der Waals surface area contributed by atoms with Crippen LogP contribution in [0.1, 0.15) is 16.8 Å². The Morgan fingerprint density at radius 3 is 2.19 bits per heavy atom. The number of rotatable bonds is 6. The average molecular weight is 496 g/mol. The van der Waals surface area contributed by atoms with Crippen molar-refractivity contribution in [2.24, 2.45) is 5.92 Å². The molecule has 1 unspecified atom stereocenters. The summed E-state index contributed by atoms with van der Waals surface area (Å²) in [5.74, 6) is -8.41. The van der Waals surface area contributed by atoms with Gasteiger partial charge in [-0.15, -0.1) is 23.2 Å². The van der Waals surface area contributed by atoms with Gasteiger partial charge in [-0.2, -0.15) is 8.78 Å². The van der Waals surface area contributed by atoms with Crippen molar-refractivity contribution in [3.8, 4) is 0 Å². The molecule has 32 heavy (non-hydrogen) atoms. The predicted molar refractivity (Wildman–Crippen MR) is 107 cm³/mol. The third kappa shape index (κ3) is 5.10. The van der Waals surface area contributed by atoms with Crippen LogP contribution in [0.2, 0.25) is 0 Å². The largest absolute Gasteiger partial charge is 0.326 e. The summed E-state index contributed by atoms with van der Waals surface area (Å²) in [7, 11) is 0. The van der Waals surface area contributed by atoms with Gasteiger partial charge in [0.15, 0.2) is 5.82 Å². The number of hydrogen-bond donors (Lipinski definition) is 3. The maximum atomic E-state index is 14.5. The van der Waals surface area contributed by atoms with Gasteiger partial charge in [0.05, 0.1) is 17.2 Å². The van der Waals surface area contributed by atoms with Crippen LogP contribution in [0, 0.1) is 23.4 Å². The molecule has 0 bridgehead atoms. The van der Waals surface area contributed by atoms with E-state index in [1.807, 2.05) is 0 Å². The molecule has 170 valence electrons. The lowest BCUT2D eigenvalue weighted by Crippen LogP contribution is -2.22. The van der Waals surface area contributed by atoms with Gasteiger partial charge in [0.2, 0.25) is 5.91 Å². The van der Waals surface area contributed by atoms with E-state index < -0.39 is 68.8 Å². The van der Waals surface area contributed by atoms with Crippen molar-refractivity contribution in [3.05, 3.63) is 53.3 Å². The number of carbonyl (C=O) groups excluding carboxylic acids is 3. The summed E-state index contributed by atoms with van der Waals surface area (Å²) < 4.78 is 66.2. The molecular formula is C19H12Cl2F5N3O3. The minimum atomic E-state index is -3.47. The smallest absolute Gasteiger partial charge is 0.315 e. The number of carbonyl (C=O) groups is 3. The topological polar surface area (TPSA) is 87.3 Å². The molecule has 0 radical (unpaired) electrons. The van der Waals surface area contributed by atoms with Crippen LogP contribution in [0.15, 0.2) is 30.3 Å². The first kappa shape index (κ1) is 23.7. The van der Waals surface area contributed by atoms with Gasteiger partial charge in [0.1, 0.15) is 21.7 Å². The molecule has 1 aliphatic carbocycles. The SMILES string of the molecule is O=C(Nc1c(F)ccc(NC(=O)C(F)F)c1F)c1cc(NC(=O)C2CC2(Cl)Cl)ccc1F. The molecule has 1 aliphatic rings. The summed E-state index contributed by atoms with van der Waals surface area (Å²) in [6.07, 6.45) is -3.27. The van der Waals surface area contributed by atoms with Crippen molar-refractivity contribution in [1.29, 1.82) is 0 Å². The Bertz CT molecular complexity index is 1110. The van der Waals surface area contributed by atoms with E-state index in [9.17, 15) is 36.3 Å². The molecule has 1 saturated carbocycles. The Labute approximate surface area is 187 Å². The zero-order valence-electron chi connectivity index (χ0n) is 15.6. The summed E-state index contributed by atoms with van der Waals surface area (Å²) in [6.45, 7) is 0. The molecule has 3 amide bonds. The molecule has 0 heterocycles. The quantitative estimate of drug-likeness (QED) is 0.401. The molecule has 2 aromatic rings. The van der Waals surface area contributed by atoms with Crippen LogP contribution in [0.3, 0.4) is 0 Å². The fraction of sp³-hybridized carbons (Fsp3) is 0.211. The highest BCUT2D eigenvalue weighted by Crippen LogP contribution is 2.53. The summed E-state index contributed by atoms with van der Waals surface area (Å²) in [5, 5.41) is 5.70. The van der Waals surface area contributed by atoms with E-state index in [0.717, 1.165) is 18.2 Å². The van der Waals surface area contributed by atoms with Gasteiger partial charge < -0.3 is 16.0 Å². The molecule has 6 nitrogen and oxygen atoms in total. The van der Waals surface area contributed by atoms with E-state index in [1.165, 1.54) is 5.32 Å². The molecule has 0 aromatic heterocycles. The highest BCUT2D eigenvalue weighted by molar-refractivity contribution is 6.52. The molecule has 3 N–H and O–H groups in total. The summed E-state index contributed by atoms with van der Waals surface area (Å²) in [5.41, 5.74) is -2.65.